The fourth-order valence-corrected chi connectivity index (χ4v) is 3.22. The lowest BCUT2D eigenvalue weighted by atomic mass is 9.93. The number of hydrogen-bond donors (Lipinski definition) is 1. The third kappa shape index (κ3) is 3.36. The van der Waals surface area contributed by atoms with E-state index in [4.69, 9.17) is 0 Å². The predicted octanol–water partition coefficient (Wildman–Crippen LogP) is 2.13. The topological polar surface area (TPSA) is 41.3 Å². The fourth-order valence-electron chi connectivity index (χ4n) is 3.22. The van der Waals surface area contributed by atoms with Crippen LogP contribution < -0.4 is 0 Å². The van der Waals surface area contributed by atoms with E-state index in [1.165, 1.54) is 6.07 Å². The smallest absolute Gasteiger partial charge is 0.123 e. The Morgan fingerprint density at radius 3 is 3.00 bits per heavy atom. The predicted molar refractivity (Wildman–Crippen MR) is 82.8 cm³/mol. The van der Waals surface area contributed by atoms with Crippen molar-refractivity contribution in [1.82, 2.24) is 14.5 Å². The number of aliphatic hydroxyl groups excluding tert-OH is 1. The van der Waals surface area contributed by atoms with Gasteiger partial charge in [-0.25, -0.2) is 9.37 Å². The molecule has 1 aromatic heterocycles. The number of halogens is 1. The number of nitrogens with zero attached hydrogens (tertiary/aromatic N) is 3. The summed E-state index contributed by atoms with van der Waals surface area (Å²) in [5, 5.41) is 10.4. The van der Waals surface area contributed by atoms with Crippen LogP contribution in [0.15, 0.2) is 36.8 Å². The minimum absolute atomic E-state index is 0.0189. The number of hydrogen-bond acceptors (Lipinski definition) is 3. The van der Waals surface area contributed by atoms with Crippen LogP contribution in [0.4, 0.5) is 4.39 Å². The zero-order valence-electron chi connectivity index (χ0n) is 12.8. The average Bonchev–Trinajstić information content (AvgIpc) is 2.88. The van der Waals surface area contributed by atoms with Gasteiger partial charge in [0.25, 0.3) is 0 Å². The van der Waals surface area contributed by atoms with E-state index in [1.807, 2.05) is 23.9 Å². The second kappa shape index (κ2) is 6.58. The molecule has 1 aliphatic heterocycles. The van der Waals surface area contributed by atoms with Crippen LogP contribution >= 0.6 is 0 Å². The standard InChI is InChI=1S/C17H22FN3O/c1-20-12-19-10-15(20)11-21-7-3-6-17(22)16(21)9-13-4-2-5-14(18)8-13/h2,4-5,8,10,12,16-17,22H,3,6-7,9,11H2,1H3/t16-,17-/m0/s1. The Balaban J connectivity index is 1.76. The van der Waals surface area contributed by atoms with E-state index in [9.17, 15) is 9.50 Å². The first kappa shape index (κ1) is 15.2. The van der Waals surface area contributed by atoms with Crippen molar-refractivity contribution in [2.24, 2.45) is 7.05 Å². The normalized spacial score (nSPS) is 22.9. The molecule has 0 unspecified atom stereocenters. The molecule has 0 radical (unpaired) electrons. The maximum absolute atomic E-state index is 13.4. The molecule has 4 nitrogen and oxygen atoms in total. The first-order chi connectivity index (χ1) is 10.6. The molecule has 5 heteroatoms. The molecule has 2 heterocycles. The monoisotopic (exact) mass is 303 g/mol. The zero-order chi connectivity index (χ0) is 15.5. The van der Waals surface area contributed by atoms with Crippen LogP contribution in [-0.2, 0) is 20.0 Å². The van der Waals surface area contributed by atoms with Crippen molar-refractivity contribution in [3.05, 3.63) is 53.9 Å². The van der Waals surface area contributed by atoms with Crippen LogP contribution in [0, 0.1) is 5.82 Å². The number of aryl methyl sites for hydroxylation is 1. The quantitative estimate of drug-likeness (QED) is 0.941. The summed E-state index contributed by atoms with van der Waals surface area (Å²) in [7, 11) is 1.98. The van der Waals surface area contributed by atoms with Crippen molar-refractivity contribution in [2.75, 3.05) is 6.54 Å². The van der Waals surface area contributed by atoms with E-state index in [-0.39, 0.29) is 18.0 Å². The second-order valence-corrected chi connectivity index (χ2v) is 6.08. The summed E-state index contributed by atoms with van der Waals surface area (Å²) in [5.74, 6) is -0.221. The molecule has 1 aliphatic rings. The van der Waals surface area contributed by atoms with E-state index >= 15 is 0 Å². The SMILES string of the molecule is Cn1cncc1CN1CCC[C@H](O)[C@@H]1Cc1cccc(F)c1. The van der Waals surface area contributed by atoms with Gasteiger partial charge >= 0.3 is 0 Å². The summed E-state index contributed by atoms with van der Waals surface area (Å²) in [6, 6.07) is 6.68. The first-order valence-electron chi connectivity index (χ1n) is 7.75. The van der Waals surface area contributed by atoms with Gasteiger partial charge in [-0.2, -0.15) is 0 Å². The highest BCUT2D eigenvalue weighted by atomic mass is 19.1. The number of likely N-dealkylation sites (tertiary alicyclic amines) is 1. The van der Waals surface area contributed by atoms with Crippen molar-refractivity contribution in [3.8, 4) is 0 Å². The molecule has 0 spiro atoms. The van der Waals surface area contributed by atoms with E-state index in [2.05, 4.69) is 9.88 Å². The van der Waals surface area contributed by atoms with E-state index < -0.39 is 0 Å². The Bertz CT molecular complexity index is 628. The lowest BCUT2D eigenvalue weighted by molar-refractivity contribution is 0.00573. The summed E-state index contributed by atoms with van der Waals surface area (Å²) in [6.07, 6.45) is 5.74. The lowest BCUT2D eigenvalue weighted by Crippen LogP contribution is -2.49. The fraction of sp³-hybridized carbons (Fsp3) is 0.471. The van der Waals surface area contributed by atoms with Crippen molar-refractivity contribution in [1.29, 1.82) is 0 Å². The molecule has 0 amide bonds. The average molecular weight is 303 g/mol. The number of aliphatic hydroxyl groups is 1. The lowest BCUT2D eigenvalue weighted by Gasteiger charge is -2.39. The van der Waals surface area contributed by atoms with Gasteiger partial charge in [0.05, 0.1) is 18.1 Å². The van der Waals surface area contributed by atoms with E-state index in [0.29, 0.717) is 6.42 Å². The largest absolute Gasteiger partial charge is 0.391 e. The van der Waals surface area contributed by atoms with Crippen molar-refractivity contribution < 1.29 is 9.50 Å². The van der Waals surface area contributed by atoms with Gasteiger partial charge in [-0.15, -0.1) is 0 Å². The Labute approximate surface area is 130 Å². The summed E-state index contributed by atoms with van der Waals surface area (Å²) >= 11 is 0. The molecule has 2 atom stereocenters. The number of piperidine rings is 1. The van der Waals surface area contributed by atoms with E-state index in [1.54, 1.807) is 18.5 Å². The maximum Gasteiger partial charge on any atom is 0.123 e. The molecule has 2 aromatic rings. The molecule has 1 fully saturated rings. The molecular formula is C17H22FN3O. The molecule has 1 aromatic carbocycles. The van der Waals surface area contributed by atoms with Gasteiger partial charge in [-0.1, -0.05) is 12.1 Å². The molecular weight excluding hydrogens is 281 g/mol. The number of benzene rings is 1. The molecule has 1 N–H and O–H groups in total. The number of rotatable bonds is 4. The molecule has 0 aliphatic carbocycles. The molecule has 1 saturated heterocycles. The Hall–Kier alpha value is -1.72. The summed E-state index contributed by atoms with van der Waals surface area (Å²) in [6.45, 7) is 1.70. The molecule has 3 rings (SSSR count). The Morgan fingerprint density at radius 1 is 1.41 bits per heavy atom. The Kier molecular flexibility index (Phi) is 4.55. The minimum Gasteiger partial charge on any atom is -0.391 e. The third-order valence-electron chi connectivity index (χ3n) is 4.47. The van der Waals surface area contributed by atoms with E-state index in [0.717, 1.165) is 37.2 Å². The molecule has 22 heavy (non-hydrogen) atoms. The second-order valence-electron chi connectivity index (χ2n) is 6.08. The minimum atomic E-state index is -0.370. The van der Waals surface area contributed by atoms with Gasteiger partial charge in [0.2, 0.25) is 0 Å². The Morgan fingerprint density at radius 2 is 2.27 bits per heavy atom. The van der Waals surface area contributed by atoms with Crippen molar-refractivity contribution >= 4 is 0 Å². The van der Waals surface area contributed by atoms with Gasteiger partial charge in [0, 0.05) is 25.8 Å². The van der Waals surface area contributed by atoms with Gasteiger partial charge in [0.15, 0.2) is 0 Å². The summed E-state index contributed by atoms with van der Waals surface area (Å²) in [4.78, 5) is 6.44. The van der Waals surface area contributed by atoms with Crippen LogP contribution in [0.5, 0.6) is 0 Å². The van der Waals surface area contributed by atoms with Gasteiger partial charge in [0.1, 0.15) is 5.82 Å². The van der Waals surface area contributed by atoms with Gasteiger partial charge in [-0.05, 0) is 43.5 Å². The zero-order valence-corrected chi connectivity index (χ0v) is 12.8. The highest BCUT2D eigenvalue weighted by Crippen LogP contribution is 2.23. The van der Waals surface area contributed by atoms with Crippen molar-refractivity contribution in [2.45, 2.75) is 38.0 Å². The number of aromatic nitrogens is 2. The number of imidazole rings is 1. The summed E-state index contributed by atoms with van der Waals surface area (Å²) in [5.41, 5.74) is 2.05. The molecule has 0 saturated carbocycles. The van der Waals surface area contributed by atoms with Crippen LogP contribution in [-0.4, -0.2) is 38.2 Å². The van der Waals surface area contributed by atoms with Crippen LogP contribution in [0.3, 0.4) is 0 Å². The first-order valence-corrected chi connectivity index (χ1v) is 7.75. The van der Waals surface area contributed by atoms with Crippen LogP contribution in [0.25, 0.3) is 0 Å². The van der Waals surface area contributed by atoms with Crippen LogP contribution in [0.2, 0.25) is 0 Å². The van der Waals surface area contributed by atoms with Gasteiger partial charge < -0.3 is 9.67 Å². The highest BCUT2D eigenvalue weighted by molar-refractivity contribution is 5.18. The maximum atomic E-state index is 13.4. The summed E-state index contributed by atoms with van der Waals surface area (Å²) < 4.78 is 15.4. The highest BCUT2D eigenvalue weighted by Gasteiger charge is 2.30. The molecule has 118 valence electrons. The van der Waals surface area contributed by atoms with Crippen LogP contribution in [0.1, 0.15) is 24.1 Å². The van der Waals surface area contributed by atoms with Crippen molar-refractivity contribution in [3.63, 3.8) is 0 Å². The third-order valence-corrected chi connectivity index (χ3v) is 4.47. The molecule has 0 bridgehead atoms. The van der Waals surface area contributed by atoms with Gasteiger partial charge in [-0.3, -0.25) is 4.90 Å².